The molecule has 1 unspecified atom stereocenters. The third-order valence-corrected chi connectivity index (χ3v) is 4.77. The number of amides is 2. The Morgan fingerprint density at radius 2 is 2.05 bits per heavy atom. The molecule has 8 nitrogen and oxygen atoms in total. The van der Waals surface area contributed by atoms with E-state index in [1.54, 1.807) is 0 Å². The van der Waals surface area contributed by atoms with Crippen molar-refractivity contribution in [1.82, 2.24) is 10.2 Å². The highest BCUT2D eigenvalue weighted by molar-refractivity contribution is 7.91. The Kier molecular flexibility index (Phi) is 6.21. The minimum absolute atomic E-state index is 0.0384. The lowest BCUT2D eigenvalue weighted by Gasteiger charge is -2.22. The fourth-order valence-electron chi connectivity index (χ4n) is 1.89. The number of aliphatic carboxylic acids is 1. The van der Waals surface area contributed by atoms with Gasteiger partial charge in [0, 0.05) is 26.7 Å². The van der Waals surface area contributed by atoms with Crippen LogP contribution >= 0.6 is 0 Å². The molecule has 0 radical (unpaired) electrons. The van der Waals surface area contributed by atoms with Gasteiger partial charge in [0.15, 0.2) is 9.84 Å². The van der Waals surface area contributed by atoms with E-state index >= 15 is 0 Å². The lowest BCUT2D eigenvalue weighted by Crippen LogP contribution is -2.44. The molecule has 116 valence electrons. The van der Waals surface area contributed by atoms with Gasteiger partial charge in [-0.05, 0) is 6.42 Å². The number of nitrogens with one attached hydrogen (secondary N) is 1. The van der Waals surface area contributed by atoms with Crippen molar-refractivity contribution >= 4 is 21.8 Å². The van der Waals surface area contributed by atoms with Crippen LogP contribution in [-0.4, -0.2) is 74.8 Å². The number of carbonyl (C=O) groups excluding carboxylic acids is 1. The van der Waals surface area contributed by atoms with Gasteiger partial charge in [-0.25, -0.2) is 13.2 Å². The van der Waals surface area contributed by atoms with Gasteiger partial charge in [0.1, 0.15) is 0 Å². The van der Waals surface area contributed by atoms with Gasteiger partial charge in [0.05, 0.1) is 24.0 Å². The van der Waals surface area contributed by atoms with Crippen molar-refractivity contribution in [3.8, 4) is 0 Å². The van der Waals surface area contributed by atoms with Crippen LogP contribution in [-0.2, 0) is 19.4 Å². The topological polar surface area (TPSA) is 113 Å². The fourth-order valence-corrected chi connectivity index (χ4v) is 3.16. The number of hydrogen-bond donors (Lipinski definition) is 2. The van der Waals surface area contributed by atoms with E-state index in [1.807, 2.05) is 0 Å². The van der Waals surface area contributed by atoms with Crippen LogP contribution in [0.15, 0.2) is 0 Å². The average Bonchev–Trinajstić information content (AvgIpc) is 2.54. The van der Waals surface area contributed by atoms with E-state index in [-0.39, 0.29) is 31.0 Å². The van der Waals surface area contributed by atoms with Crippen LogP contribution in [0.25, 0.3) is 0 Å². The zero-order valence-corrected chi connectivity index (χ0v) is 12.2. The lowest BCUT2D eigenvalue weighted by molar-refractivity contribution is -0.139. The van der Waals surface area contributed by atoms with Gasteiger partial charge < -0.3 is 20.1 Å². The predicted octanol–water partition coefficient (Wildman–Crippen LogP) is -0.694. The van der Waals surface area contributed by atoms with Crippen LogP contribution in [0.5, 0.6) is 0 Å². The number of carbonyl (C=O) groups is 2. The smallest absolute Gasteiger partial charge is 0.317 e. The molecule has 1 fully saturated rings. The predicted molar refractivity (Wildman–Crippen MR) is 71.3 cm³/mol. The first kappa shape index (κ1) is 16.7. The number of urea groups is 1. The molecule has 1 aliphatic rings. The van der Waals surface area contributed by atoms with Crippen molar-refractivity contribution in [3.63, 3.8) is 0 Å². The molecule has 1 saturated heterocycles. The van der Waals surface area contributed by atoms with Crippen LogP contribution in [0.4, 0.5) is 4.79 Å². The normalized spacial score (nSPS) is 19.9. The van der Waals surface area contributed by atoms with Crippen molar-refractivity contribution in [3.05, 3.63) is 0 Å². The summed E-state index contributed by atoms with van der Waals surface area (Å²) < 4.78 is 27.8. The summed E-state index contributed by atoms with van der Waals surface area (Å²) in [4.78, 5) is 23.9. The number of ether oxygens (including phenoxy) is 1. The van der Waals surface area contributed by atoms with Crippen LogP contribution in [0.1, 0.15) is 12.8 Å². The highest BCUT2D eigenvalue weighted by atomic mass is 32.2. The summed E-state index contributed by atoms with van der Waals surface area (Å²) in [5.41, 5.74) is 0. The van der Waals surface area contributed by atoms with E-state index in [4.69, 9.17) is 9.84 Å². The van der Waals surface area contributed by atoms with E-state index in [0.29, 0.717) is 13.0 Å². The van der Waals surface area contributed by atoms with Crippen molar-refractivity contribution < 1.29 is 27.9 Å². The first-order valence-electron chi connectivity index (χ1n) is 6.32. The standard InChI is InChI=1S/C11H20N2O6S/c1-19-9(7-10(14)15)8-12-11(16)13-3-2-5-20(17,18)6-4-13/h9H,2-8H2,1H3,(H,12,16)(H,14,15). The summed E-state index contributed by atoms with van der Waals surface area (Å²) >= 11 is 0. The van der Waals surface area contributed by atoms with Gasteiger partial charge in [-0.3, -0.25) is 4.79 Å². The second kappa shape index (κ2) is 7.44. The van der Waals surface area contributed by atoms with Crippen molar-refractivity contribution in [2.75, 3.05) is 38.2 Å². The molecule has 2 amide bonds. The molecule has 1 aliphatic heterocycles. The second-order valence-electron chi connectivity index (χ2n) is 4.63. The SMILES string of the molecule is COC(CNC(=O)N1CCCS(=O)(=O)CC1)CC(=O)O. The summed E-state index contributed by atoms with van der Waals surface area (Å²) in [7, 11) is -1.69. The van der Waals surface area contributed by atoms with Crippen LogP contribution in [0.2, 0.25) is 0 Å². The van der Waals surface area contributed by atoms with Crippen molar-refractivity contribution in [1.29, 1.82) is 0 Å². The Labute approximate surface area is 118 Å². The van der Waals surface area contributed by atoms with Gasteiger partial charge in [0.2, 0.25) is 0 Å². The van der Waals surface area contributed by atoms with Crippen molar-refractivity contribution in [2.24, 2.45) is 0 Å². The van der Waals surface area contributed by atoms with E-state index in [1.165, 1.54) is 12.0 Å². The second-order valence-corrected chi connectivity index (χ2v) is 6.94. The van der Waals surface area contributed by atoms with E-state index in [2.05, 4.69) is 5.32 Å². The summed E-state index contributed by atoms with van der Waals surface area (Å²) in [6, 6.07) is -0.394. The number of carboxylic acids is 1. The highest BCUT2D eigenvalue weighted by Gasteiger charge is 2.23. The number of nitrogens with zero attached hydrogens (tertiary/aromatic N) is 1. The number of hydrogen-bond acceptors (Lipinski definition) is 5. The largest absolute Gasteiger partial charge is 0.481 e. The van der Waals surface area contributed by atoms with Gasteiger partial charge in [-0.2, -0.15) is 0 Å². The summed E-state index contributed by atoms with van der Waals surface area (Å²) in [6.45, 7) is 0.608. The summed E-state index contributed by atoms with van der Waals surface area (Å²) in [5, 5.41) is 11.2. The van der Waals surface area contributed by atoms with Gasteiger partial charge in [-0.1, -0.05) is 0 Å². The summed E-state index contributed by atoms with van der Waals surface area (Å²) in [5.74, 6) is -0.952. The first-order valence-corrected chi connectivity index (χ1v) is 8.14. The highest BCUT2D eigenvalue weighted by Crippen LogP contribution is 2.05. The summed E-state index contributed by atoms with van der Waals surface area (Å²) in [6.07, 6.45) is -0.392. The lowest BCUT2D eigenvalue weighted by atomic mass is 10.2. The van der Waals surface area contributed by atoms with Crippen molar-refractivity contribution in [2.45, 2.75) is 18.9 Å². The minimum atomic E-state index is -3.06. The monoisotopic (exact) mass is 308 g/mol. The zero-order chi connectivity index (χ0) is 15.2. The van der Waals surface area contributed by atoms with Gasteiger partial charge in [0.25, 0.3) is 0 Å². The first-order chi connectivity index (χ1) is 9.34. The molecule has 20 heavy (non-hydrogen) atoms. The maximum Gasteiger partial charge on any atom is 0.317 e. The van der Waals surface area contributed by atoms with E-state index in [0.717, 1.165) is 0 Å². The molecule has 1 rings (SSSR count). The molecule has 0 aliphatic carbocycles. The molecule has 0 aromatic carbocycles. The molecule has 0 aromatic heterocycles. The number of methoxy groups -OCH3 is 1. The average molecular weight is 308 g/mol. The van der Waals surface area contributed by atoms with Crippen LogP contribution in [0, 0.1) is 0 Å². The molecule has 1 heterocycles. The molecule has 2 N–H and O–H groups in total. The Bertz CT molecular complexity index is 450. The van der Waals surface area contributed by atoms with Gasteiger partial charge in [-0.15, -0.1) is 0 Å². The molecule has 0 saturated carbocycles. The zero-order valence-electron chi connectivity index (χ0n) is 11.4. The Morgan fingerprint density at radius 3 is 2.65 bits per heavy atom. The molecule has 1 atom stereocenters. The minimum Gasteiger partial charge on any atom is -0.481 e. The molecule has 0 spiro atoms. The molecule has 9 heteroatoms. The number of sulfone groups is 1. The maximum atomic E-state index is 11.9. The number of rotatable bonds is 5. The fraction of sp³-hybridized carbons (Fsp3) is 0.818. The van der Waals surface area contributed by atoms with Gasteiger partial charge >= 0.3 is 12.0 Å². The molecule has 0 bridgehead atoms. The Hall–Kier alpha value is -1.35. The Balaban J connectivity index is 2.44. The number of carboxylic acid groups (broad SMARTS) is 1. The third kappa shape index (κ3) is 5.74. The molecular weight excluding hydrogens is 288 g/mol. The molecule has 0 aromatic rings. The molecular formula is C11H20N2O6S. The van der Waals surface area contributed by atoms with E-state index in [9.17, 15) is 18.0 Å². The third-order valence-electron chi connectivity index (χ3n) is 3.06. The Morgan fingerprint density at radius 1 is 1.35 bits per heavy atom. The van der Waals surface area contributed by atoms with E-state index < -0.39 is 27.9 Å². The van der Waals surface area contributed by atoms with Crippen LogP contribution in [0.3, 0.4) is 0 Å². The maximum absolute atomic E-state index is 11.9. The quantitative estimate of drug-likeness (QED) is 0.695. The van der Waals surface area contributed by atoms with Crippen LogP contribution < -0.4 is 5.32 Å².